The highest BCUT2D eigenvalue weighted by molar-refractivity contribution is 5.91. The minimum Gasteiger partial charge on any atom is -0.507 e. The van der Waals surface area contributed by atoms with Crippen LogP contribution in [0, 0.1) is 18.6 Å². The van der Waals surface area contributed by atoms with Crippen molar-refractivity contribution in [3.63, 3.8) is 0 Å². The quantitative estimate of drug-likeness (QED) is 0.304. The van der Waals surface area contributed by atoms with Gasteiger partial charge < -0.3 is 19.8 Å². The fourth-order valence-corrected chi connectivity index (χ4v) is 5.68. The van der Waals surface area contributed by atoms with Crippen LogP contribution in [0.5, 0.6) is 5.75 Å². The number of amides is 1. The van der Waals surface area contributed by atoms with Crippen LogP contribution in [0.2, 0.25) is 0 Å². The number of piperazine rings is 1. The molecule has 1 aliphatic rings. The zero-order chi connectivity index (χ0) is 32.6. The highest BCUT2D eigenvalue weighted by atomic mass is 19.1. The molecule has 0 spiro atoms. The van der Waals surface area contributed by atoms with Gasteiger partial charge >= 0.3 is 5.69 Å². The second kappa shape index (κ2) is 12.7. The van der Waals surface area contributed by atoms with Crippen molar-refractivity contribution < 1.29 is 18.7 Å². The van der Waals surface area contributed by atoms with Crippen LogP contribution in [-0.4, -0.2) is 86.6 Å². The zero-order valence-corrected chi connectivity index (χ0v) is 26.3. The lowest BCUT2D eigenvalue weighted by molar-refractivity contribution is -0.126. The Hall–Kier alpha value is -4.71. The summed E-state index contributed by atoms with van der Waals surface area (Å²) in [5.41, 5.74) is 0.300. The molecule has 1 aliphatic heterocycles. The van der Waals surface area contributed by atoms with Gasteiger partial charge in [-0.1, -0.05) is 26.0 Å². The SMILES string of the molecule is Cc1ccnc(C(C)C)c1-n1c(=O)nc(N2CCN(C(=O)C=CCN(C)C)C[C@@H]2C)c2cc(F)c(-c3c(O)cccc3F)nc21. The molecule has 0 aliphatic carbocycles. The number of aryl methyl sites for hydroxylation is 1. The van der Waals surface area contributed by atoms with Crippen LogP contribution in [0.25, 0.3) is 28.0 Å². The van der Waals surface area contributed by atoms with E-state index in [2.05, 4.69) is 15.0 Å². The zero-order valence-electron chi connectivity index (χ0n) is 26.3. The van der Waals surface area contributed by atoms with E-state index in [1.165, 1.54) is 22.8 Å². The number of benzene rings is 1. The topological polar surface area (TPSA) is 108 Å². The van der Waals surface area contributed by atoms with E-state index in [-0.39, 0.29) is 34.7 Å². The summed E-state index contributed by atoms with van der Waals surface area (Å²) in [5.74, 6) is -2.24. The third kappa shape index (κ3) is 6.15. The number of halogens is 2. The van der Waals surface area contributed by atoms with Crippen LogP contribution < -0.4 is 10.6 Å². The molecule has 12 heteroatoms. The summed E-state index contributed by atoms with van der Waals surface area (Å²) in [4.78, 5) is 45.9. The molecule has 0 bridgehead atoms. The van der Waals surface area contributed by atoms with Gasteiger partial charge in [0.05, 0.1) is 22.3 Å². The number of aromatic hydroxyl groups is 1. The first kappa shape index (κ1) is 31.7. The lowest BCUT2D eigenvalue weighted by Crippen LogP contribution is -2.54. The van der Waals surface area contributed by atoms with E-state index in [0.717, 1.165) is 11.6 Å². The molecule has 236 valence electrons. The number of rotatable bonds is 7. The van der Waals surface area contributed by atoms with Crippen molar-refractivity contribution in [2.45, 2.75) is 39.7 Å². The van der Waals surface area contributed by atoms with Crippen LogP contribution in [-0.2, 0) is 4.79 Å². The molecule has 1 aromatic carbocycles. The number of likely N-dealkylation sites (N-methyl/N-ethyl adjacent to an activating group) is 1. The molecule has 10 nitrogen and oxygen atoms in total. The van der Waals surface area contributed by atoms with Gasteiger partial charge in [-0.3, -0.25) is 9.78 Å². The van der Waals surface area contributed by atoms with Gasteiger partial charge in [0.25, 0.3) is 0 Å². The van der Waals surface area contributed by atoms with E-state index in [9.17, 15) is 19.1 Å². The standard InChI is InChI=1S/C33H37F2N7O3/c1-19(2)28-30(20(3)12-13-36-28)42-32-22(17-24(35)29(37-32)27-23(34)9-7-10-25(27)43)31(38-33(42)45)41-16-15-40(18-21(41)4)26(44)11-8-14-39(5)6/h7-13,17,19,21,43H,14-16,18H2,1-6H3/t21-/m0/s1. The van der Waals surface area contributed by atoms with Crippen LogP contribution in [0.1, 0.15) is 37.9 Å². The molecule has 1 fully saturated rings. The maximum Gasteiger partial charge on any atom is 0.355 e. The van der Waals surface area contributed by atoms with Gasteiger partial charge in [-0.15, -0.1) is 0 Å². The number of nitrogens with zero attached hydrogens (tertiary/aromatic N) is 7. The summed E-state index contributed by atoms with van der Waals surface area (Å²) < 4.78 is 32.2. The molecule has 0 radical (unpaired) electrons. The summed E-state index contributed by atoms with van der Waals surface area (Å²) in [6.07, 6.45) is 5.01. The van der Waals surface area contributed by atoms with Crippen molar-refractivity contribution >= 4 is 22.8 Å². The van der Waals surface area contributed by atoms with Gasteiger partial charge in [0.15, 0.2) is 11.5 Å². The predicted octanol–water partition coefficient (Wildman–Crippen LogP) is 4.41. The lowest BCUT2D eigenvalue weighted by atomic mass is 10.0. The molecule has 1 amide bonds. The average molecular weight is 618 g/mol. The molecular formula is C33H37F2N7O3. The van der Waals surface area contributed by atoms with Crippen LogP contribution in [0.3, 0.4) is 0 Å². The largest absolute Gasteiger partial charge is 0.507 e. The Morgan fingerprint density at radius 2 is 1.91 bits per heavy atom. The first-order chi connectivity index (χ1) is 21.4. The maximum atomic E-state index is 15.9. The fraction of sp³-hybridized carbons (Fsp3) is 0.364. The number of phenols is 1. The van der Waals surface area contributed by atoms with Crippen LogP contribution in [0.4, 0.5) is 14.6 Å². The van der Waals surface area contributed by atoms with E-state index < -0.39 is 34.3 Å². The van der Waals surface area contributed by atoms with E-state index in [4.69, 9.17) is 0 Å². The number of aromatic nitrogens is 4. The summed E-state index contributed by atoms with van der Waals surface area (Å²) >= 11 is 0. The highest BCUT2D eigenvalue weighted by Crippen LogP contribution is 2.36. The molecule has 3 aromatic heterocycles. The maximum absolute atomic E-state index is 15.9. The Morgan fingerprint density at radius 3 is 2.58 bits per heavy atom. The monoisotopic (exact) mass is 617 g/mol. The minimum absolute atomic E-state index is 0.0411. The molecule has 45 heavy (non-hydrogen) atoms. The second-order valence-corrected chi connectivity index (χ2v) is 11.9. The molecule has 0 saturated carbocycles. The summed E-state index contributed by atoms with van der Waals surface area (Å²) in [7, 11) is 3.83. The van der Waals surface area contributed by atoms with Crippen molar-refractivity contribution in [3.05, 3.63) is 82.1 Å². The summed E-state index contributed by atoms with van der Waals surface area (Å²) in [5, 5.41) is 10.7. The number of carbonyl (C=O) groups excluding carboxylic acids is 1. The smallest absolute Gasteiger partial charge is 0.355 e. The first-order valence-corrected chi connectivity index (χ1v) is 14.8. The molecule has 4 aromatic rings. The number of fused-ring (bicyclic) bond motifs is 1. The van der Waals surface area contributed by atoms with E-state index in [1.54, 1.807) is 29.3 Å². The van der Waals surface area contributed by atoms with Crippen molar-refractivity contribution in [1.82, 2.24) is 29.3 Å². The molecule has 1 atom stereocenters. The molecular weight excluding hydrogens is 580 g/mol. The number of phenolic OH excluding ortho intramolecular Hbond substituents is 1. The Morgan fingerprint density at radius 1 is 1.16 bits per heavy atom. The number of anilines is 1. The Kier molecular flexibility index (Phi) is 8.96. The Balaban J connectivity index is 1.70. The third-order valence-electron chi connectivity index (χ3n) is 7.90. The Labute approximate surface area is 260 Å². The normalized spacial score (nSPS) is 15.6. The van der Waals surface area contributed by atoms with Crippen molar-refractivity contribution in [2.75, 3.05) is 45.2 Å². The van der Waals surface area contributed by atoms with Gasteiger partial charge in [-0.2, -0.15) is 4.98 Å². The second-order valence-electron chi connectivity index (χ2n) is 11.9. The van der Waals surface area contributed by atoms with Crippen molar-refractivity contribution in [1.29, 1.82) is 0 Å². The molecule has 4 heterocycles. The third-order valence-corrected chi connectivity index (χ3v) is 7.90. The summed E-state index contributed by atoms with van der Waals surface area (Å²) in [6.45, 7) is 9.29. The molecule has 1 N–H and O–H groups in total. The first-order valence-electron chi connectivity index (χ1n) is 14.8. The van der Waals surface area contributed by atoms with Crippen molar-refractivity contribution in [3.8, 4) is 22.7 Å². The van der Waals surface area contributed by atoms with E-state index in [0.29, 0.717) is 37.6 Å². The van der Waals surface area contributed by atoms with Gasteiger partial charge in [0, 0.05) is 44.5 Å². The van der Waals surface area contributed by atoms with E-state index in [1.807, 2.05) is 51.6 Å². The van der Waals surface area contributed by atoms with E-state index >= 15 is 4.39 Å². The lowest BCUT2D eigenvalue weighted by Gasteiger charge is -2.40. The highest BCUT2D eigenvalue weighted by Gasteiger charge is 2.31. The van der Waals surface area contributed by atoms with Crippen molar-refractivity contribution in [2.24, 2.45) is 0 Å². The molecule has 1 saturated heterocycles. The summed E-state index contributed by atoms with van der Waals surface area (Å²) in [6, 6.07) is 6.31. The molecule has 5 rings (SSSR count). The minimum atomic E-state index is -0.893. The number of pyridine rings is 2. The van der Waals surface area contributed by atoms with Gasteiger partial charge in [0.2, 0.25) is 5.91 Å². The van der Waals surface area contributed by atoms with Crippen LogP contribution >= 0.6 is 0 Å². The molecule has 0 unspecified atom stereocenters. The van der Waals surface area contributed by atoms with Crippen LogP contribution in [0.15, 0.2) is 53.5 Å². The van der Waals surface area contributed by atoms with Gasteiger partial charge in [-0.25, -0.2) is 23.1 Å². The fourth-order valence-electron chi connectivity index (χ4n) is 5.68. The Bertz CT molecular complexity index is 1830. The average Bonchev–Trinajstić information content (AvgIpc) is 2.97. The van der Waals surface area contributed by atoms with Gasteiger partial charge in [0.1, 0.15) is 23.1 Å². The number of hydrogen-bond acceptors (Lipinski definition) is 8. The predicted molar refractivity (Wildman–Crippen MR) is 170 cm³/mol. The number of carbonyl (C=O) groups is 1. The van der Waals surface area contributed by atoms with Gasteiger partial charge in [-0.05, 0) is 63.7 Å². The number of hydrogen-bond donors (Lipinski definition) is 1.